The Labute approximate surface area is 143 Å². The molecule has 2 atom stereocenters. The molecule has 2 unspecified atom stereocenters. The normalized spacial score (nSPS) is 23.7. The third-order valence-corrected chi connectivity index (χ3v) is 5.69. The molecule has 4 rings (SSSR count). The number of rotatable bonds is 3. The first-order valence-electron chi connectivity index (χ1n) is 8.08. The van der Waals surface area contributed by atoms with E-state index in [9.17, 15) is 13.6 Å². The van der Waals surface area contributed by atoms with Crippen LogP contribution in [0.5, 0.6) is 0 Å². The molecule has 0 spiro atoms. The summed E-state index contributed by atoms with van der Waals surface area (Å²) >= 11 is 1.54. The van der Waals surface area contributed by atoms with Crippen molar-refractivity contribution in [3.8, 4) is 0 Å². The maximum atomic E-state index is 13.3. The number of amides is 1. The standard InChI is InChI=1S/C18H18F2N2OS/c19-16-2-1-12(5-17(16)20)6-21-7-14-9-22(10-15(14)8-21)18(23)13-3-4-24-11-13/h1-5,11,14-15H,6-10H2. The molecule has 1 aromatic carbocycles. The number of fused-ring (bicyclic) bond motifs is 1. The Morgan fingerprint density at radius 2 is 1.83 bits per heavy atom. The Hall–Kier alpha value is -1.79. The lowest BCUT2D eigenvalue weighted by molar-refractivity contribution is 0.0774. The van der Waals surface area contributed by atoms with Gasteiger partial charge in [0.05, 0.1) is 5.56 Å². The average molecular weight is 348 g/mol. The molecular weight excluding hydrogens is 330 g/mol. The fraction of sp³-hybridized carbons (Fsp3) is 0.389. The topological polar surface area (TPSA) is 23.6 Å². The molecule has 0 N–H and O–H groups in total. The van der Waals surface area contributed by atoms with Crippen molar-refractivity contribution in [2.45, 2.75) is 6.54 Å². The molecule has 2 fully saturated rings. The van der Waals surface area contributed by atoms with Crippen molar-refractivity contribution in [3.05, 3.63) is 57.8 Å². The summed E-state index contributed by atoms with van der Waals surface area (Å²) in [7, 11) is 0. The van der Waals surface area contributed by atoms with Gasteiger partial charge < -0.3 is 4.90 Å². The van der Waals surface area contributed by atoms with E-state index in [0.717, 1.165) is 37.3 Å². The van der Waals surface area contributed by atoms with Crippen molar-refractivity contribution in [3.63, 3.8) is 0 Å². The van der Waals surface area contributed by atoms with E-state index in [1.165, 1.54) is 23.5 Å². The van der Waals surface area contributed by atoms with Crippen LogP contribution < -0.4 is 0 Å². The van der Waals surface area contributed by atoms with E-state index in [4.69, 9.17) is 0 Å². The van der Waals surface area contributed by atoms with Gasteiger partial charge in [0.2, 0.25) is 0 Å². The highest BCUT2D eigenvalue weighted by Crippen LogP contribution is 2.32. The Balaban J connectivity index is 1.36. The van der Waals surface area contributed by atoms with Crippen LogP contribution >= 0.6 is 11.3 Å². The van der Waals surface area contributed by atoms with Gasteiger partial charge in [-0.25, -0.2) is 8.78 Å². The van der Waals surface area contributed by atoms with Gasteiger partial charge in [0.25, 0.3) is 5.91 Å². The number of benzene rings is 1. The fourth-order valence-corrected chi connectivity index (χ4v) is 4.48. The van der Waals surface area contributed by atoms with Gasteiger partial charge in [-0.05, 0) is 41.0 Å². The minimum absolute atomic E-state index is 0.123. The Morgan fingerprint density at radius 1 is 1.08 bits per heavy atom. The summed E-state index contributed by atoms with van der Waals surface area (Å²) in [5.74, 6) is -0.535. The van der Waals surface area contributed by atoms with E-state index in [1.54, 1.807) is 6.07 Å². The fourth-order valence-electron chi connectivity index (χ4n) is 3.85. The van der Waals surface area contributed by atoms with Crippen LogP contribution in [0.2, 0.25) is 0 Å². The first kappa shape index (κ1) is 15.7. The minimum atomic E-state index is -0.806. The molecule has 0 bridgehead atoms. The summed E-state index contributed by atoms with van der Waals surface area (Å²) in [6, 6.07) is 5.97. The summed E-state index contributed by atoms with van der Waals surface area (Å²) in [6.45, 7) is 4.00. The van der Waals surface area contributed by atoms with Crippen LogP contribution in [0.3, 0.4) is 0 Å². The summed E-state index contributed by atoms with van der Waals surface area (Å²) < 4.78 is 26.3. The molecule has 0 radical (unpaired) electrons. The average Bonchev–Trinajstić information content (AvgIpc) is 3.26. The molecule has 3 heterocycles. The Bertz CT molecular complexity index is 735. The Morgan fingerprint density at radius 3 is 2.46 bits per heavy atom. The Kier molecular flexibility index (Phi) is 4.10. The van der Waals surface area contributed by atoms with E-state index in [1.807, 2.05) is 21.7 Å². The van der Waals surface area contributed by atoms with Crippen LogP contribution in [0.25, 0.3) is 0 Å². The van der Waals surface area contributed by atoms with Gasteiger partial charge in [0.15, 0.2) is 11.6 Å². The number of likely N-dealkylation sites (tertiary alicyclic amines) is 2. The number of carbonyl (C=O) groups excluding carboxylic acids is 1. The zero-order valence-electron chi connectivity index (χ0n) is 13.1. The van der Waals surface area contributed by atoms with Gasteiger partial charge in [-0.2, -0.15) is 11.3 Å². The molecule has 1 amide bonds. The second-order valence-corrected chi connectivity index (χ2v) is 7.46. The SMILES string of the molecule is O=C(c1ccsc1)N1CC2CN(Cc3ccc(F)c(F)c3)CC2C1. The van der Waals surface area contributed by atoms with Crippen molar-refractivity contribution in [1.29, 1.82) is 0 Å². The summed E-state index contributed by atoms with van der Waals surface area (Å²) in [5, 5.41) is 3.82. The quantitative estimate of drug-likeness (QED) is 0.850. The number of hydrogen-bond donors (Lipinski definition) is 0. The molecule has 3 nitrogen and oxygen atoms in total. The van der Waals surface area contributed by atoms with E-state index in [2.05, 4.69) is 4.90 Å². The van der Waals surface area contributed by atoms with Gasteiger partial charge in [0.1, 0.15) is 0 Å². The molecular formula is C18H18F2N2OS. The van der Waals surface area contributed by atoms with Crippen LogP contribution in [0.15, 0.2) is 35.0 Å². The first-order chi connectivity index (χ1) is 11.6. The molecule has 126 valence electrons. The summed E-state index contributed by atoms with van der Waals surface area (Å²) in [6.07, 6.45) is 0. The molecule has 2 saturated heterocycles. The molecule has 0 saturated carbocycles. The summed E-state index contributed by atoms with van der Waals surface area (Å²) in [5.41, 5.74) is 1.57. The molecule has 24 heavy (non-hydrogen) atoms. The second kappa shape index (κ2) is 6.26. The van der Waals surface area contributed by atoms with Gasteiger partial charge in [-0.1, -0.05) is 6.07 Å². The lowest BCUT2D eigenvalue weighted by Gasteiger charge is -2.21. The van der Waals surface area contributed by atoms with Gasteiger partial charge >= 0.3 is 0 Å². The van der Waals surface area contributed by atoms with Crippen molar-refractivity contribution in [1.82, 2.24) is 9.80 Å². The van der Waals surface area contributed by atoms with Crippen molar-refractivity contribution in [2.75, 3.05) is 26.2 Å². The molecule has 2 aliphatic rings. The number of hydrogen-bond acceptors (Lipinski definition) is 3. The van der Waals surface area contributed by atoms with Crippen molar-refractivity contribution >= 4 is 17.2 Å². The molecule has 0 aliphatic carbocycles. The van der Waals surface area contributed by atoms with E-state index in [0.29, 0.717) is 18.4 Å². The number of halogens is 2. The molecule has 6 heteroatoms. The van der Waals surface area contributed by atoms with Crippen molar-refractivity contribution < 1.29 is 13.6 Å². The maximum absolute atomic E-state index is 13.3. The van der Waals surface area contributed by atoms with Crippen molar-refractivity contribution in [2.24, 2.45) is 11.8 Å². The molecule has 2 aliphatic heterocycles. The van der Waals surface area contributed by atoms with Crippen LogP contribution in [0, 0.1) is 23.5 Å². The van der Waals surface area contributed by atoms with Crippen LogP contribution in [-0.4, -0.2) is 41.9 Å². The highest BCUT2D eigenvalue weighted by molar-refractivity contribution is 7.08. The van der Waals surface area contributed by atoms with Crippen LogP contribution in [-0.2, 0) is 6.54 Å². The van der Waals surface area contributed by atoms with Crippen LogP contribution in [0.4, 0.5) is 8.78 Å². The smallest absolute Gasteiger partial charge is 0.254 e. The highest BCUT2D eigenvalue weighted by Gasteiger charge is 2.41. The number of nitrogens with zero attached hydrogens (tertiary/aromatic N) is 2. The van der Waals surface area contributed by atoms with Gasteiger partial charge in [0, 0.05) is 38.1 Å². The molecule has 2 aromatic rings. The third-order valence-electron chi connectivity index (χ3n) is 5.01. The maximum Gasteiger partial charge on any atom is 0.254 e. The third kappa shape index (κ3) is 2.96. The predicted octanol–water partition coefficient (Wildman–Crippen LogP) is 3.23. The van der Waals surface area contributed by atoms with Gasteiger partial charge in [-0.15, -0.1) is 0 Å². The monoisotopic (exact) mass is 348 g/mol. The molecule has 1 aromatic heterocycles. The predicted molar refractivity (Wildman–Crippen MR) is 88.8 cm³/mol. The lowest BCUT2D eigenvalue weighted by Crippen LogP contribution is -2.32. The number of carbonyl (C=O) groups is 1. The van der Waals surface area contributed by atoms with E-state index in [-0.39, 0.29) is 5.91 Å². The number of thiophene rings is 1. The lowest BCUT2D eigenvalue weighted by atomic mass is 10.0. The largest absolute Gasteiger partial charge is 0.338 e. The highest BCUT2D eigenvalue weighted by atomic mass is 32.1. The summed E-state index contributed by atoms with van der Waals surface area (Å²) in [4.78, 5) is 16.6. The zero-order chi connectivity index (χ0) is 16.7. The van der Waals surface area contributed by atoms with E-state index < -0.39 is 11.6 Å². The minimum Gasteiger partial charge on any atom is -0.338 e. The first-order valence-corrected chi connectivity index (χ1v) is 9.02. The zero-order valence-corrected chi connectivity index (χ0v) is 13.9. The van der Waals surface area contributed by atoms with Gasteiger partial charge in [-0.3, -0.25) is 9.69 Å². The van der Waals surface area contributed by atoms with E-state index >= 15 is 0 Å². The van der Waals surface area contributed by atoms with Crippen LogP contribution in [0.1, 0.15) is 15.9 Å². The second-order valence-electron chi connectivity index (χ2n) is 6.68.